The first-order valence-electron chi connectivity index (χ1n) is 8.65. The second-order valence-electron chi connectivity index (χ2n) is 6.41. The van der Waals surface area contributed by atoms with Gasteiger partial charge in [-0.05, 0) is 37.1 Å². The molecule has 1 aliphatic rings. The molecule has 1 aliphatic heterocycles. The van der Waals surface area contributed by atoms with Crippen LogP contribution in [0.25, 0.3) is 5.52 Å². The standard InChI is InChI=1S/C19H21N5O/c25-19(13-15-14-21-24-10-2-1-3-18(15)24)23-11-6-17(7-12-23)22-16-4-8-20-9-5-16/h1-5,8-10,14,17H,6-7,11-13H2,(H,20,22). The number of amides is 1. The lowest BCUT2D eigenvalue weighted by Crippen LogP contribution is -2.43. The molecule has 0 saturated carbocycles. The van der Waals surface area contributed by atoms with Crippen molar-refractivity contribution in [2.75, 3.05) is 18.4 Å². The third-order valence-corrected chi connectivity index (χ3v) is 4.75. The highest BCUT2D eigenvalue weighted by Crippen LogP contribution is 2.18. The molecule has 128 valence electrons. The van der Waals surface area contributed by atoms with Gasteiger partial charge in [-0.3, -0.25) is 9.78 Å². The molecule has 6 nitrogen and oxygen atoms in total. The van der Waals surface area contributed by atoms with Crippen LogP contribution < -0.4 is 5.32 Å². The summed E-state index contributed by atoms with van der Waals surface area (Å²) in [6, 6.07) is 10.3. The molecule has 0 aliphatic carbocycles. The zero-order valence-electron chi connectivity index (χ0n) is 14.0. The van der Waals surface area contributed by atoms with Crippen molar-refractivity contribution in [3.8, 4) is 0 Å². The Bertz CT molecular complexity index is 852. The molecular formula is C19H21N5O. The molecule has 25 heavy (non-hydrogen) atoms. The minimum absolute atomic E-state index is 0.182. The fourth-order valence-electron chi connectivity index (χ4n) is 3.36. The van der Waals surface area contributed by atoms with E-state index in [-0.39, 0.29) is 5.91 Å². The van der Waals surface area contributed by atoms with Gasteiger partial charge >= 0.3 is 0 Å². The SMILES string of the molecule is O=C(Cc1cnn2ccccc12)N1CCC(Nc2ccncc2)CC1. The van der Waals surface area contributed by atoms with Crippen molar-refractivity contribution >= 4 is 17.1 Å². The number of pyridine rings is 2. The van der Waals surface area contributed by atoms with Gasteiger partial charge in [-0.15, -0.1) is 0 Å². The molecule has 1 fully saturated rings. The van der Waals surface area contributed by atoms with E-state index in [0.29, 0.717) is 12.5 Å². The van der Waals surface area contributed by atoms with Gasteiger partial charge in [0.1, 0.15) is 0 Å². The molecule has 6 heteroatoms. The molecule has 0 aromatic carbocycles. The average molecular weight is 335 g/mol. The maximum atomic E-state index is 12.6. The van der Waals surface area contributed by atoms with Crippen LogP contribution in [0.5, 0.6) is 0 Å². The maximum Gasteiger partial charge on any atom is 0.227 e. The van der Waals surface area contributed by atoms with Gasteiger partial charge in [-0.2, -0.15) is 5.10 Å². The predicted octanol–water partition coefficient (Wildman–Crippen LogP) is 2.37. The topological polar surface area (TPSA) is 62.5 Å². The maximum absolute atomic E-state index is 12.6. The Kier molecular flexibility index (Phi) is 4.33. The number of hydrogen-bond donors (Lipinski definition) is 1. The average Bonchev–Trinajstić information content (AvgIpc) is 3.06. The van der Waals surface area contributed by atoms with Crippen LogP contribution in [-0.2, 0) is 11.2 Å². The number of rotatable bonds is 4. The largest absolute Gasteiger partial charge is 0.382 e. The zero-order chi connectivity index (χ0) is 17.1. The van der Waals surface area contributed by atoms with Gasteiger partial charge in [-0.1, -0.05) is 6.07 Å². The molecule has 0 radical (unpaired) electrons. The lowest BCUT2D eigenvalue weighted by molar-refractivity contribution is -0.131. The molecule has 4 heterocycles. The molecule has 4 rings (SSSR count). The van der Waals surface area contributed by atoms with E-state index in [2.05, 4.69) is 15.4 Å². The Morgan fingerprint density at radius 2 is 1.96 bits per heavy atom. The van der Waals surface area contributed by atoms with Crippen LogP contribution in [0.1, 0.15) is 18.4 Å². The number of nitrogens with zero attached hydrogens (tertiary/aromatic N) is 4. The number of fused-ring (bicyclic) bond motifs is 1. The normalized spacial score (nSPS) is 15.4. The van der Waals surface area contributed by atoms with E-state index >= 15 is 0 Å². The zero-order valence-corrected chi connectivity index (χ0v) is 14.0. The first-order valence-corrected chi connectivity index (χ1v) is 8.65. The van der Waals surface area contributed by atoms with Gasteiger partial charge in [0.2, 0.25) is 5.91 Å². The summed E-state index contributed by atoms with van der Waals surface area (Å²) in [5, 5.41) is 7.83. The van der Waals surface area contributed by atoms with Gasteiger partial charge in [0.25, 0.3) is 0 Å². The van der Waals surface area contributed by atoms with E-state index in [1.807, 2.05) is 45.9 Å². The van der Waals surface area contributed by atoms with E-state index in [0.717, 1.165) is 42.7 Å². The summed E-state index contributed by atoms with van der Waals surface area (Å²) in [5.74, 6) is 0.182. The number of carbonyl (C=O) groups excluding carboxylic acids is 1. The Morgan fingerprint density at radius 1 is 1.16 bits per heavy atom. The van der Waals surface area contributed by atoms with Gasteiger partial charge in [0.15, 0.2) is 0 Å². The quantitative estimate of drug-likeness (QED) is 0.795. The molecule has 3 aromatic heterocycles. The molecule has 0 spiro atoms. The van der Waals surface area contributed by atoms with Crippen molar-refractivity contribution in [3.05, 3.63) is 60.7 Å². The Hall–Kier alpha value is -2.89. The van der Waals surface area contributed by atoms with Crippen LogP contribution in [0.15, 0.2) is 55.1 Å². The molecule has 1 saturated heterocycles. The van der Waals surface area contributed by atoms with Crippen LogP contribution in [0.3, 0.4) is 0 Å². The number of likely N-dealkylation sites (tertiary alicyclic amines) is 1. The van der Waals surface area contributed by atoms with Crippen LogP contribution in [0.2, 0.25) is 0 Å². The number of aromatic nitrogens is 3. The number of nitrogens with one attached hydrogen (secondary N) is 1. The van der Waals surface area contributed by atoms with Gasteiger partial charge in [0, 0.05) is 49.0 Å². The van der Waals surface area contributed by atoms with Crippen LogP contribution in [-0.4, -0.2) is 44.5 Å². The summed E-state index contributed by atoms with van der Waals surface area (Å²) in [6.07, 6.45) is 9.61. The third kappa shape index (κ3) is 3.47. The summed E-state index contributed by atoms with van der Waals surface area (Å²) in [6.45, 7) is 1.58. The van der Waals surface area contributed by atoms with Crippen LogP contribution >= 0.6 is 0 Å². The Balaban J connectivity index is 1.33. The minimum Gasteiger partial charge on any atom is -0.382 e. The van der Waals surface area contributed by atoms with Crippen molar-refractivity contribution in [1.82, 2.24) is 19.5 Å². The lowest BCUT2D eigenvalue weighted by Gasteiger charge is -2.33. The molecular weight excluding hydrogens is 314 g/mol. The first kappa shape index (κ1) is 15.6. The molecule has 0 bridgehead atoms. The van der Waals surface area contributed by atoms with E-state index < -0.39 is 0 Å². The van der Waals surface area contributed by atoms with Gasteiger partial charge < -0.3 is 10.2 Å². The summed E-state index contributed by atoms with van der Waals surface area (Å²) >= 11 is 0. The monoisotopic (exact) mass is 335 g/mol. The van der Waals surface area contributed by atoms with Crippen LogP contribution in [0, 0.1) is 0 Å². The fraction of sp³-hybridized carbons (Fsp3) is 0.316. The number of carbonyl (C=O) groups is 1. The Morgan fingerprint density at radius 3 is 2.76 bits per heavy atom. The summed E-state index contributed by atoms with van der Waals surface area (Å²) in [5.41, 5.74) is 3.08. The predicted molar refractivity (Wildman–Crippen MR) is 96.4 cm³/mol. The van der Waals surface area contributed by atoms with E-state index in [4.69, 9.17) is 0 Å². The van der Waals surface area contributed by atoms with Gasteiger partial charge in [0.05, 0.1) is 18.1 Å². The number of anilines is 1. The second kappa shape index (κ2) is 6.93. The summed E-state index contributed by atoms with van der Waals surface area (Å²) < 4.78 is 1.81. The van der Waals surface area contributed by atoms with Crippen molar-refractivity contribution in [2.24, 2.45) is 0 Å². The first-order chi connectivity index (χ1) is 12.3. The number of hydrogen-bond acceptors (Lipinski definition) is 4. The van der Waals surface area contributed by atoms with Crippen molar-refractivity contribution in [3.63, 3.8) is 0 Å². The molecule has 3 aromatic rings. The van der Waals surface area contributed by atoms with Crippen molar-refractivity contribution in [2.45, 2.75) is 25.3 Å². The molecule has 0 atom stereocenters. The van der Waals surface area contributed by atoms with E-state index in [9.17, 15) is 4.79 Å². The van der Waals surface area contributed by atoms with E-state index in [1.165, 1.54) is 0 Å². The second-order valence-corrected chi connectivity index (χ2v) is 6.41. The lowest BCUT2D eigenvalue weighted by atomic mass is 10.0. The molecule has 1 amide bonds. The molecule has 1 N–H and O–H groups in total. The summed E-state index contributed by atoms with van der Waals surface area (Å²) in [4.78, 5) is 18.6. The van der Waals surface area contributed by atoms with E-state index in [1.54, 1.807) is 18.6 Å². The minimum atomic E-state index is 0.182. The Labute approximate surface area is 146 Å². The smallest absolute Gasteiger partial charge is 0.227 e. The number of piperidine rings is 1. The van der Waals surface area contributed by atoms with Crippen molar-refractivity contribution in [1.29, 1.82) is 0 Å². The fourth-order valence-corrected chi connectivity index (χ4v) is 3.36. The van der Waals surface area contributed by atoms with Gasteiger partial charge in [-0.25, -0.2) is 4.52 Å². The summed E-state index contributed by atoms with van der Waals surface area (Å²) in [7, 11) is 0. The van der Waals surface area contributed by atoms with Crippen LogP contribution in [0.4, 0.5) is 5.69 Å². The third-order valence-electron chi connectivity index (χ3n) is 4.75. The highest BCUT2D eigenvalue weighted by Gasteiger charge is 2.23. The highest BCUT2D eigenvalue weighted by atomic mass is 16.2. The molecule has 0 unspecified atom stereocenters. The van der Waals surface area contributed by atoms with Crippen molar-refractivity contribution < 1.29 is 4.79 Å². The highest BCUT2D eigenvalue weighted by molar-refractivity contribution is 5.81.